The minimum Gasteiger partial charge on any atom is -0.497 e. The van der Waals surface area contributed by atoms with E-state index in [0.717, 1.165) is 23.3 Å². The van der Waals surface area contributed by atoms with Gasteiger partial charge < -0.3 is 14.8 Å². The van der Waals surface area contributed by atoms with E-state index in [1.807, 2.05) is 54.6 Å². The second kappa shape index (κ2) is 10.2. The molecule has 1 amide bonds. The maximum atomic E-state index is 12.0. The molecule has 0 saturated carbocycles. The Morgan fingerprint density at radius 1 is 0.962 bits per heavy atom. The van der Waals surface area contributed by atoms with Crippen LogP contribution in [0.15, 0.2) is 54.6 Å². The molecule has 0 radical (unpaired) electrons. The van der Waals surface area contributed by atoms with Crippen LogP contribution < -0.4 is 10.1 Å². The van der Waals surface area contributed by atoms with Crippen molar-refractivity contribution in [3.63, 3.8) is 0 Å². The number of carbonyl (C=O) groups is 2. The first-order valence-corrected chi connectivity index (χ1v) is 8.72. The minimum atomic E-state index is -0.797. The van der Waals surface area contributed by atoms with Crippen LogP contribution in [0.5, 0.6) is 5.75 Å². The fraction of sp³-hybridized carbons (Fsp3) is 0.333. The van der Waals surface area contributed by atoms with Crippen LogP contribution in [-0.2, 0) is 27.2 Å². The maximum Gasteiger partial charge on any atom is 0.306 e. The van der Waals surface area contributed by atoms with E-state index < -0.39 is 6.10 Å². The lowest BCUT2D eigenvalue weighted by Gasteiger charge is -2.13. The average molecular weight is 355 g/mol. The molecule has 0 aliphatic rings. The van der Waals surface area contributed by atoms with Gasteiger partial charge in [0.2, 0.25) is 0 Å². The monoisotopic (exact) mass is 355 g/mol. The summed E-state index contributed by atoms with van der Waals surface area (Å²) in [4.78, 5) is 23.9. The highest BCUT2D eigenvalue weighted by atomic mass is 16.5. The van der Waals surface area contributed by atoms with Crippen molar-refractivity contribution in [1.29, 1.82) is 0 Å². The van der Waals surface area contributed by atoms with Crippen LogP contribution in [0.1, 0.15) is 24.5 Å². The van der Waals surface area contributed by atoms with E-state index in [1.54, 1.807) is 14.0 Å². The second-order valence-electron chi connectivity index (χ2n) is 6.01. The number of hydrogen-bond acceptors (Lipinski definition) is 4. The topological polar surface area (TPSA) is 64.6 Å². The molecule has 0 spiro atoms. The number of rotatable bonds is 9. The molecule has 5 heteroatoms. The highest BCUT2D eigenvalue weighted by Gasteiger charge is 2.17. The fourth-order valence-corrected chi connectivity index (χ4v) is 2.47. The van der Waals surface area contributed by atoms with E-state index in [0.29, 0.717) is 13.0 Å². The van der Waals surface area contributed by atoms with Crippen LogP contribution in [0.4, 0.5) is 0 Å². The molecule has 26 heavy (non-hydrogen) atoms. The molecular formula is C21H25NO4. The van der Waals surface area contributed by atoms with Crippen molar-refractivity contribution >= 4 is 11.9 Å². The molecule has 0 aromatic heterocycles. The van der Waals surface area contributed by atoms with E-state index in [2.05, 4.69) is 5.32 Å². The van der Waals surface area contributed by atoms with Gasteiger partial charge in [0, 0.05) is 13.0 Å². The Bertz CT molecular complexity index is 698. The van der Waals surface area contributed by atoms with Gasteiger partial charge in [-0.05, 0) is 43.0 Å². The summed E-state index contributed by atoms with van der Waals surface area (Å²) in [5, 5.41) is 2.79. The van der Waals surface area contributed by atoms with E-state index >= 15 is 0 Å². The molecule has 0 unspecified atom stereocenters. The number of benzene rings is 2. The Labute approximate surface area is 154 Å². The van der Waals surface area contributed by atoms with Crippen molar-refractivity contribution in [2.75, 3.05) is 13.7 Å². The standard InChI is InChI=1S/C21H25NO4/c1-16(21(24)22-15-14-17-6-4-3-5-7-17)26-20(23)13-10-18-8-11-19(25-2)12-9-18/h3-9,11-12,16H,10,13-15H2,1-2H3,(H,22,24)/t16-/m1/s1. The van der Waals surface area contributed by atoms with Crippen molar-refractivity contribution in [2.24, 2.45) is 0 Å². The van der Waals surface area contributed by atoms with Crippen molar-refractivity contribution < 1.29 is 19.1 Å². The molecule has 0 fully saturated rings. The molecule has 2 rings (SSSR count). The van der Waals surface area contributed by atoms with Gasteiger partial charge in [-0.15, -0.1) is 0 Å². The quantitative estimate of drug-likeness (QED) is 0.703. The number of nitrogens with one attached hydrogen (secondary N) is 1. The molecule has 0 saturated heterocycles. The summed E-state index contributed by atoms with van der Waals surface area (Å²) in [6.07, 6.45) is 0.735. The third kappa shape index (κ3) is 6.59. The van der Waals surface area contributed by atoms with Crippen LogP contribution >= 0.6 is 0 Å². The van der Waals surface area contributed by atoms with Gasteiger partial charge in [0.1, 0.15) is 5.75 Å². The number of ether oxygens (including phenoxy) is 2. The molecule has 0 bridgehead atoms. The Balaban J connectivity index is 1.67. The first kappa shape index (κ1) is 19.5. The van der Waals surface area contributed by atoms with E-state index in [1.165, 1.54) is 0 Å². The zero-order valence-corrected chi connectivity index (χ0v) is 15.2. The largest absolute Gasteiger partial charge is 0.497 e. The second-order valence-corrected chi connectivity index (χ2v) is 6.01. The predicted octanol–water partition coefficient (Wildman–Crippen LogP) is 2.92. The molecule has 2 aromatic rings. The zero-order valence-electron chi connectivity index (χ0n) is 15.2. The molecule has 0 aliphatic carbocycles. The summed E-state index contributed by atoms with van der Waals surface area (Å²) < 4.78 is 10.3. The van der Waals surface area contributed by atoms with Gasteiger partial charge >= 0.3 is 5.97 Å². The van der Waals surface area contributed by atoms with Gasteiger partial charge in [0.15, 0.2) is 6.10 Å². The molecule has 1 atom stereocenters. The summed E-state index contributed by atoms with van der Waals surface area (Å²) in [6.45, 7) is 2.10. The van der Waals surface area contributed by atoms with E-state index in [4.69, 9.17) is 9.47 Å². The molecule has 2 aromatic carbocycles. The van der Waals surface area contributed by atoms with Crippen molar-refractivity contribution in [3.05, 3.63) is 65.7 Å². The van der Waals surface area contributed by atoms with Crippen molar-refractivity contribution in [3.8, 4) is 5.75 Å². The van der Waals surface area contributed by atoms with Crippen LogP contribution in [0.3, 0.4) is 0 Å². The molecule has 1 N–H and O–H groups in total. The molecule has 0 heterocycles. The predicted molar refractivity (Wildman–Crippen MR) is 100 cm³/mol. The van der Waals surface area contributed by atoms with Gasteiger partial charge in [0.25, 0.3) is 5.91 Å². The Hall–Kier alpha value is -2.82. The Morgan fingerprint density at radius 2 is 1.62 bits per heavy atom. The minimum absolute atomic E-state index is 0.230. The summed E-state index contributed by atoms with van der Waals surface area (Å²) in [5.41, 5.74) is 2.17. The van der Waals surface area contributed by atoms with Crippen molar-refractivity contribution in [1.82, 2.24) is 5.32 Å². The zero-order chi connectivity index (χ0) is 18.8. The molecule has 5 nitrogen and oxygen atoms in total. The molecular weight excluding hydrogens is 330 g/mol. The summed E-state index contributed by atoms with van der Waals surface area (Å²) in [5.74, 6) is 0.113. The number of aryl methyl sites for hydroxylation is 1. The summed E-state index contributed by atoms with van der Waals surface area (Å²) >= 11 is 0. The lowest BCUT2D eigenvalue weighted by Crippen LogP contribution is -2.36. The fourth-order valence-electron chi connectivity index (χ4n) is 2.47. The third-order valence-electron chi connectivity index (χ3n) is 4.01. The number of hydrogen-bond donors (Lipinski definition) is 1. The molecule has 0 aliphatic heterocycles. The average Bonchev–Trinajstić information content (AvgIpc) is 2.67. The lowest BCUT2D eigenvalue weighted by atomic mass is 10.1. The van der Waals surface area contributed by atoms with Crippen LogP contribution in [0.25, 0.3) is 0 Å². The number of esters is 1. The van der Waals surface area contributed by atoms with Gasteiger partial charge in [-0.3, -0.25) is 9.59 Å². The summed E-state index contributed by atoms with van der Waals surface area (Å²) in [6, 6.07) is 17.4. The highest BCUT2D eigenvalue weighted by molar-refractivity contribution is 5.83. The number of amides is 1. The van der Waals surface area contributed by atoms with Crippen LogP contribution in [0, 0.1) is 0 Å². The smallest absolute Gasteiger partial charge is 0.306 e. The SMILES string of the molecule is COc1ccc(CCC(=O)O[C@H](C)C(=O)NCCc2ccccc2)cc1. The van der Waals surface area contributed by atoms with Crippen LogP contribution in [-0.4, -0.2) is 31.6 Å². The normalized spacial score (nSPS) is 11.5. The number of carbonyl (C=O) groups excluding carboxylic acids is 2. The lowest BCUT2D eigenvalue weighted by molar-refractivity contribution is -0.154. The summed E-state index contributed by atoms with van der Waals surface area (Å²) in [7, 11) is 1.61. The van der Waals surface area contributed by atoms with Gasteiger partial charge in [-0.1, -0.05) is 42.5 Å². The van der Waals surface area contributed by atoms with Gasteiger partial charge in [-0.2, -0.15) is 0 Å². The molecule has 138 valence electrons. The van der Waals surface area contributed by atoms with Crippen molar-refractivity contribution in [2.45, 2.75) is 32.3 Å². The van der Waals surface area contributed by atoms with Gasteiger partial charge in [0.05, 0.1) is 7.11 Å². The first-order chi connectivity index (χ1) is 12.6. The van der Waals surface area contributed by atoms with Crippen LogP contribution in [0.2, 0.25) is 0 Å². The third-order valence-corrected chi connectivity index (χ3v) is 4.01. The van der Waals surface area contributed by atoms with Gasteiger partial charge in [-0.25, -0.2) is 0 Å². The maximum absolute atomic E-state index is 12.0. The highest BCUT2D eigenvalue weighted by Crippen LogP contribution is 2.13. The Kier molecular flexibility index (Phi) is 7.68. The number of methoxy groups -OCH3 is 1. The Morgan fingerprint density at radius 3 is 2.27 bits per heavy atom. The first-order valence-electron chi connectivity index (χ1n) is 8.72. The van der Waals surface area contributed by atoms with E-state index in [9.17, 15) is 9.59 Å². The van der Waals surface area contributed by atoms with E-state index in [-0.39, 0.29) is 18.3 Å².